The molecule has 3 atom stereocenters. The van der Waals surface area contributed by atoms with Crippen LogP contribution < -0.4 is 15.8 Å². The fraction of sp³-hybridized carbons (Fsp3) is 0.632. The number of methoxy groups -OCH3 is 1. The van der Waals surface area contributed by atoms with E-state index in [9.17, 15) is 4.79 Å². The summed E-state index contributed by atoms with van der Waals surface area (Å²) >= 11 is 0. The van der Waals surface area contributed by atoms with E-state index in [0.717, 1.165) is 37.9 Å². The Balaban J connectivity index is 0.00000312. The molecule has 0 aliphatic heterocycles. The number of nitrogens with two attached hydrogens (primary N) is 1. The van der Waals surface area contributed by atoms with Crippen molar-refractivity contribution in [1.29, 1.82) is 0 Å². The number of hydrogen-bond acceptors (Lipinski definition) is 4. The lowest BCUT2D eigenvalue weighted by Gasteiger charge is -2.32. The lowest BCUT2D eigenvalue weighted by Crippen LogP contribution is -2.45. The van der Waals surface area contributed by atoms with Crippen molar-refractivity contribution in [3.8, 4) is 5.75 Å². The minimum atomic E-state index is -0.00688. The molecule has 25 heavy (non-hydrogen) atoms. The number of amides is 1. The Morgan fingerprint density at radius 2 is 2.08 bits per heavy atom. The van der Waals surface area contributed by atoms with Gasteiger partial charge in [0.25, 0.3) is 0 Å². The highest BCUT2D eigenvalue weighted by Crippen LogP contribution is 2.25. The number of carbonyl (C=O) groups excluding carboxylic acids is 1. The third-order valence-electron chi connectivity index (χ3n) is 4.71. The molecule has 1 saturated carbocycles. The Kier molecular flexibility index (Phi) is 9.86. The van der Waals surface area contributed by atoms with Crippen molar-refractivity contribution in [2.75, 3.05) is 20.3 Å². The van der Waals surface area contributed by atoms with Gasteiger partial charge in [-0.15, -0.1) is 12.4 Å². The number of para-hydroxylation sites is 1. The SMILES string of the molecule is CCOc1ccccc1CCCNC(=O)[C@H]1CC[C@@H](N)[C@H](OC)C1.Cl. The first-order chi connectivity index (χ1) is 11.7. The lowest BCUT2D eigenvalue weighted by molar-refractivity contribution is -0.127. The van der Waals surface area contributed by atoms with E-state index in [1.165, 1.54) is 5.56 Å². The monoisotopic (exact) mass is 370 g/mol. The Bertz CT molecular complexity index is 527. The summed E-state index contributed by atoms with van der Waals surface area (Å²) < 4.78 is 11.0. The topological polar surface area (TPSA) is 73.6 Å². The molecule has 1 fully saturated rings. The van der Waals surface area contributed by atoms with Gasteiger partial charge in [0.2, 0.25) is 5.91 Å². The highest BCUT2D eigenvalue weighted by molar-refractivity contribution is 5.85. The van der Waals surface area contributed by atoms with Crippen molar-refractivity contribution in [2.24, 2.45) is 11.7 Å². The number of halogens is 1. The first-order valence-electron chi connectivity index (χ1n) is 8.92. The molecule has 0 spiro atoms. The zero-order chi connectivity index (χ0) is 17.4. The van der Waals surface area contributed by atoms with E-state index in [0.29, 0.717) is 13.2 Å². The fourth-order valence-corrected chi connectivity index (χ4v) is 3.30. The fourth-order valence-electron chi connectivity index (χ4n) is 3.30. The van der Waals surface area contributed by atoms with Gasteiger partial charge >= 0.3 is 0 Å². The zero-order valence-corrected chi connectivity index (χ0v) is 16.0. The molecule has 1 aliphatic carbocycles. The molecule has 0 unspecified atom stereocenters. The molecule has 0 bridgehead atoms. The van der Waals surface area contributed by atoms with Gasteiger partial charge in [0.15, 0.2) is 0 Å². The number of ether oxygens (including phenoxy) is 2. The molecular formula is C19H31ClN2O3. The molecule has 1 amide bonds. The minimum Gasteiger partial charge on any atom is -0.494 e. The molecule has 142 valence electrons. The van der Waals surface area contributed by atoms with Gasteiger partial charge in [-0.3, -0.25) is 4.79 Å². The maximum Gasteiger partial charge on any atom is 0.223 e. The highest BCUT2D eigenvalue weighted by atomic mass is 35.5. The number of aryl methyl sites for hydroxylation is 1. The predicted octanol–water partition coefficient (Wildman–Crippen LogP) is 2.70. The summed E-state index contributed by atoms with van der Waals surface area (Å²) in [5.74, 6) is 1.09. The maximum atomic E-state index is 12.3. The second kappa shape index (κ2) is 11.3. The number of carbonyl (C=O) groups is 1. The summed E-state index contributed by atoms with van der Waals surface area (Å²) in [6.07, 6.45) is 4.20. The van der Waals surface area contributed by atoms with Gasteiger partial charge in [-0.05, 0) is 50.7 Å². The zero-order valence-electron chi connectivity index (χ0n) is 15.2. The van der Waals surface area contributed by atoms with Crippen LogP contribution in [0.25, 0.3) is 0 Å². The number of nitrogens with one attached hydrogen (secondary N) is 1. The molecule has 0 radical (unpaired) electrons. The number of benzene rings is 1. The van der Waals surface area contributed by atoms with Crippen molar-refractivity contribution in [1.82, 2.24) is 5.32 Å². The average Bonchev–Trinajstić information content (AvgIpc) is 2.60. The molecule has 6 heteroatoms. The van der Waals surface area contributed by atoms with E-state index < -0.39 is 0 Å². The number of rotatable bonds is 8. The van der Waals surface area contributed by atoms with Crippen LogP contribution in [-0.2, 0) is 16.0 Å². The first-order valence-corrected chi connectivity index (χ1v) is 8.92. The molecule has 3 N–H and O–H groups in total. The smallest absolute Gasteiger partial charge is 0.223 e. The van der Waals surface area contributed by atoms with Gasteiger partial charge in [0, 0.05) is 25.6 Å². The van der Waals surface area contributed by atoms with Crippen LogP contribution in [0.4, 0.5) is 0 Å². The van der Waals surface area contributed by atoms with Crippen molar-refractivity contribution in [2.45, 2.75) is 51.2 Å². The third kappa shape index (κ3) is 6.49. The second-order valence-electron chi connectivity index (χ2n) is 6.38. The largest absolute Gasteiger partial charge is 0.494 e. The van der Waals surface area contributed by atoms with Gasteiger partial charge in [0.1, 0.15) is 5.75 Å². The van der Waals surface area contributed by atoms with E-state index >= 15 is 0 Å². The van der Waals surface area contributed by atoms with Crippen LogP contribution >= 0.6 is 12.4 Å². The Hall–Kier alpha value is -1.30. The van der Waals surface area contributed by atoms with Crippen molar-refractivity contribution >= 4 is 18.3 Å². The van der Waals surface area contributed by atoms with Gasteiger partial charge in [-0.1, -0.05) is 18.2 Å². The standard InChI is InChI=1S/C19H30N2O3.ClH/c1-3-24-17-9-5-4-7-14(17)8-6-12-21-19(22)15-10-11-16(20)18(13-15)23-2;/h4-5,7,9,15-16,18H,3,6,8,10-13,20H2,1-2H3,(H,21,22);1H/t15-,16+,18+;/m0./s1. The van der Waals surface area contributed by atoms with Gasteiger partial charge < -0.3 is 20.5 Å². The summed E-state index contributed by atoms with van der Waals surface area (Å²) in [7, 11) is 1.67. The third-order valence-corrected chi connectivity index (χ3v) is 4.71. The summed E-state index contributed by atoms with van der Waals surface area (Å²) in [5, 5.41) is 3.06. The number of hydrogen-bond donors (Lipinski definition) is 2. The van der Waals surface area contributed by atoms with Crippen LogP contribution in [0.15, 0.2) is 24.3 Å². The van der Waals surface area contributed by atoms with Gasteiger partial charge in [0.05, 0.1) is 12.7 Å². The average molecular weight is 371 g/mol. The van der Waals surface area contributed by atoms with Crippen molar-refractivity contribution < 1.29 is 14.3 Å². The molecule has 0 heterocycles. The molecular weight excluding hydrogens is 340 g/mol. The van der Waals surface area contributed by atoms with E-state index in [-0.39, 0.29) is 36.4 Å². The second-order valence-corrected chi connectivity index (χ2v) is 6.38. The van der Waals surface area contributed by atoms with Crippen molar-refractivity contribution in [3.63, 3.8) is 0 Å². The first kappa shape index (κ1) is 21.7. The van der Waals surface area contributed by atoms with Gasteiger partial charge in [-0.25, -0.2) is 0 Å². The Morgan fingerprint density at radius 1 is 1.32 bits per heavy atom. The molecule has 1 aromatic rings. The minimum absolute atomic E-state index is 0. The molecule has 1 aliphatic rings. The van der Waals surface area contributed by atoms with Gasteiger partial charge in [-0.2, -0.15) is 0 Å². The van der Waals surface area contributed by atoms with Crippen LogP contribution in [0.5, 0.6) is 5.75 Å². The Labute approximate surface area is 157 Å². The van der Waals surface area contributed by atoms with Crippen LogP contribution in [0.2, 0.25) is 0 Å². The van der Waals surface area contributed by atoms with Crippen LogP contribution in [0, 0.1) is 5.92 Å². The molecule has 2 rings (SSSR count). The molecule has 0 aromatic heterocycles. The Morgan fingerprint density at radius 3 is 2.80 bits per heavy atom. The lowest BCUT2D eigenvalue weighted by atomic mass is 9.83. The van der Waals surface area contributed by atoms with E-state index in [1.807, 2.05) is 25.1 Å². The predicted molar refractivity (Wildman–Crippen MR) is 102 cm³/mol. The summed E-state index contributed by atoms with van der Waals surface area (Å²) in [4.78, 5) is 12.3. The maximum absolute atomic E-state index is 12.3. The summed E-state index contributed by atoms with van der Waals surface area (Å²) in [6.45, 7) is 3.33. The molecule has 0 saturated heterocycles. The summed E-state index contributed by atoms with van der Waals surface area (Å²) in [6, 6.07) is 8.13. The van der Waals surface area contributed by atoms with E-state index in [2.05, 4.69) is 11.4 Å². The van der Waals surface area contributed by atoms with Crippen molar-refractivity contribution in [3.05, 3.63) is 29.8 Å². The summed E-state index contributed by atoms with van der Waals surface area (Å²) in [5.41, 5.74) is 7.20. The van der Waals surface area contributed by atoms with Crippen LogP contribution in [0.3, 0.4) is 0 Å². The molecule has 1 aromatic carbocycles. The normalized spacial score (nSPS) is 22.8. The highest BCUT2D eigenvalue weighted by Gasteiger charge is 2.31. The quantitative estimate of drug-likeness (QED) is 0.690. The molecule has 5 nitrogen and oxygen atoms in total. The van der Waals surface area contributed by atoms with E-state index in [1.54, 1.807) is 7.11 Å². The van der Waals surface area contributed by atoms with Crippen LogP contribution in [0.1, 0.15) is 38.2 Å². The van der Waals surface area contributed by atoms with E-state index in [4.69, 9.17) is 15.2 Å². The van der Waals surface area contributed by atoms with Crippen LogP contribution in [-0.4, -0.2) is 38.3 Å².